The average Bonchev–Trinajstić information content (AvgIpc) is 2.83. The van der Waals surface area contributed by atoms with Crippen LogP contribution in [0.4, 0.5) is 0 Å². The van der Waals surface area contributed by atoms with Gasteiger partial charge < -0.3 is 24.2 Å². The molecule has 10 heteroatoms. The molecule has 2 aromatic carbocycles. The molecule has 0 saturated carbocycles. The monoisotopic (exact) mass is 478 g/mol. The third kappa shape index (κ3) is 5.17. The lowest BCUT2D eigenvalue weighted by Gasteiger charge is -2.34. The normalized spacial score (nSPS) is 14.7. The van der Waals surface area contributed by atoms with E-state index in [4.69, 9.17) is 14.2 Å². The molecule has 2 aromatic rings. The Morgan fingerprint density at radius 1 is 0.970 bits per heavy atom. The van der Waals surface area contributed by atoms with E-state index in [1.807, 2.05) is 6.07 Å². The summed E-state index contributed by atoms with van der Waals surface area (Å²) < 4.78 is 43.4. The van der Waals surface area contributed by atoms with Crippen LogP contribution >= 0.6 is 0 Å². The van der Waals surface area contributed by atoms with Crippen LogP contribution in [0.2, 0.25) is 0 Å². The molecule has 1 heterocycles. The molecule has 3 rings (SSSR count). The Bertz CT molecular complexity index is 1110. The number of amides is 1. The SMILES string of the molecule is COc1ccc(CCC(=O)N2CCN(S(=O)(=O)c3cc(C)ccc3O)CC2)c(OC)c1OC. The van der Waals surface area contributed by atoms with E-state index in [0.717, 1.165) is 11.1 Å². The molecule has 0 aromatic heterocycles. The Morgan fingerprint density at radius 2 is 1.64 bits per heavy atom. The van der Waals surface area contributed by atoms with Crippen LogP contribution in [0, 0.1) is 6.92 Å². The van der Waals surface area contributed by atoms with Crippen molar-refractivity contribution >= 4 is 15.9 Å². The van der Waals surface area contributed by atoms with Gasteiger partial charge in [0.05, 0.1) is 21.3 Å². The summed E-state index contributed by atoms with van der Waals surface area (Å²) in [5, 5.41) is 10.0. The second-order valence-corrected chi connectivity index (χ2v) is 9.66. The van der Waals surface area contributed by atoms with E-state index in [1.165, 1.54) is 30.7 Å². The highest BCUT2D eigenvalue weighted by atomic mass is 32.2. The number of benzene rings is 2. The lowest BCUT2D eigenvalue weighted by atomic mass is 10.1. The van der Waals surface area contributed by atoms with Crippen molar-refractivity contribution in [3.63, 3.8) is 0 Å². The van der Waals surface area contributed by atoms with E-state index in [0.29, 0.717) is 23.7 Å². The minimum absolute atomic E-state index is 0.0673. The lowest BCUT2D eigenvalue weighted by Crippen LogP contribution is -2.50. The molecule has 0 atom stereocenters. The predicted molar refractivity (Wildman–Crippen MR) is 123 cm³/mol. The summed E-state index contributed by atoms with van der Waals surface area (Å²) >= 11 is 0. The van der Waals surface area contributed by atoms with Crippen molar-refractivity contribution in [3.8, 4) is 23.0 Å². The first kappa shape index (κ1) is 24.7. The zero-order chi connectivity index (χ0) is 24.2. The summed E-state index contributed by atoms with van der Waals surface area (Å²) in [6.07, 6.45) is 0.690. The van der Waals surface area contributed by atoms with Crippen molar-refractivity contribution in [1.29, 1.82) is 0 Å². The van der Waals surface area contributed by atoms with Gasteiger partial charge in [-0.3, -0.25) is 4.79 Å². The van der Waals surface area contributed by atoms with E-state index in [2.05, 4.69) is 0 Å². The molecule has 1 aliphatic heterocycles. The number of hydrogen-bond acceptors (Lipinski definition) is 7. The van der Waals surface area contributed by atoms with Crippen molar-refractivity contribution in [1.82, 2.24) is 9.21 Å². The smallest absolute Gasteiger partial charge is 0.246 e. The largest absolute Gasteiger partial charge is 0.507 e. The van der Waals surface area contributed by atoms with Crippen LogP contribution in [0.1, 0.15) is 17.5 Å². The number of rotatable bonds is 8. The van der Waals surface area contributed by atoms with Gasteiger partial charge in [0.2, 0.25) is 21.7 Å². The van der Waals surface area contributed by atoms with Crippen LogP contribution in [-0.2, 0) is 21.2 Å². The second kappa shape index (κ2) is 10.3. The lowest BCUT2D eigenvalue weighted by molar-refractivity contribution is -0.132. The van der Waals surface area contributed by atoms with Gasteiger partial charge in [0.15, 0.2) is 11.5 Å². The number of phenolic OH excluding ortho intramolecular Hbond substituents is 1. The number of sulfonamides is 1. The van der Waals surface area contributed by atoms with Crippen molar-refractivity contribution in [3.05, 3.63) is 41.5 Å². The van der Waals surface area contributed by atoms with Crippen molar-refractivity contribution in [2.75, 3.05) is 47.5 Å². The van der Waals surface area contributed by atoms with Gasteiger partial charge in [0, 0.05) is 32.6 Å². The van der Waals surface area contributed by atoms with E-state index >= 15 is 0 Å². The third-order valence-electron chi connectivity index (χ3n) is 5.72. The zero-order valence-electron chi connectivity index (χ0n) is 19.3. The number of carbonyl (C=O) groups is 1. The van der Waals surface area contributed by atoms with Gasteiger partial charge in [0.1, 0.15) is 10.6 Å². The van der Waals surface area contributed by atoms with Gasteiger partial charge in [-0.1, -0.05) is 12.1 Å². The van der Waals surface area contributed by atoms with Crippen molar-refractivity contribution < 1.29 is 32.5 Å². The quantitative estimate of drug-likeness (QED) is 0.620. The van der Waals surface area contributed by atoms with Gasteiger partial charge in [-0.25, -0.2) is 8.42 Å². The van der Waals surface area contributed by atoms with E-state index < -0.39 is 10.0 Å². The maximum atomic E-state index is 13.0. The Morgan fingerprint density at radius 3 is 2.24 bits per heavy atom. The molecule has 0 aliphatic carbocycles. The molecule has 180 valence electrons. The number of methoxy groups -OCH3 is 3. The first-order chi connectivity index (χ1) is 15.7. The van der Waals surface area contributed by atoms with Crippen LogP contribution in [-0.4, -0.2) is 76.1 Å². The molecule has 1 N–H and O–H groups in total. The number of aromatic hydroxyl groups is 1. The molecular weight excluding hydrogens is 448 g/mol. The molecular formula is C23H30N2O7S. The van der Waals surface area contributed by atoms with Crippen LogP contribution < -0.4 is 14.2 Å². The Hall–Kier alpha value is -2.98. The summed E-state index contributed by atoms with van der Waals surface area (Å²) in [7, 11) is 0.766. The number of carbonyl (C=O) groups excluding carboxylic acids is 1. The van der Waals surface area contributed by atoms with Crippen LogP contribution in [0.15, 0.2) is 35.2 Å². The highest BCUT2D eigenvalue weighted by Gasteiger charge is 2.32. The molecule has 1 amide bonds. The Kier molecular flexibility index (Phi) is 7.70. The zero-order valence-corrected chi connectivity index (χ0v) is 20.1. The van der Waals surface area contributed by atoms with Crippen molar-refractivity contribution in [2.45, 2.75) is 24.7 Å². The van der Waals surface area contributed by atoms with Crippen LogP contribution in [0.3, 0.4) is 0 Å². The minimum Gasteiger partial charge on any atom is -0.507 e. The molecule has 0 spiro atoms. The molecule has 9 nitrogen and oxygen atoms in total. The molecule has 1 fully saturated rings. The summed E-state index contributed by atoms with van der Waals surface area (Å²) in [6, 6.07) is 8.10. The van der Waals surface area contributed by atoms with Gasteiger partial charge >= 0.3 is 0 Å². The number of ether oxygens (including phenoxy) is 3. The number of nitrogens with zero attached hydrogens (tertiary/aromatic N) is 2. The van der Waals surface area contributed by atoms with Gasteiger partial charge in [-0.2, -0.15) is 4.31 Å². The molecule has 0 unspecified atom stereocenters. The first-order valence-electron chi connectivity index (χ1n) is 10.6. The summed E-state index contributed by atoms with van der Waals surface area (Å²) in [5.74, 6) is 1.20. The van der Waals surface area contributed by atoms with Crippen LogP contribution in [0.5, 0.6) is 23.0 Å². The number of piperazine rings is 1. The van der Waals surface area contributed by atoms with Crippen LogP contribution in [0.25, 0.3) is 0 Å². The summed E-state index contributed by atoms with van der Waals surface area (Å²) in [4.78, 5) is 14.3. The highest BCUT2D eigenvalue weighted by Crippen LogP contribution is 2.40. The molecule has 0 bridgehead atoms. The fourth-order valence-electron chi connectivity index (χ4n) is 3.90. The second-order valence-electron chi connectivity index (χ2n) is 7.75. The maximum Gasteiger partial charge on any atom is 0.246 e. The standard InChI is InChI=1S/C23H30N2O7S/c1-16-5-8-18(26)20(15-16)33(28,29)25-13-11-24(12-14-25)21(27)10-7-17-6-9-19(30-2)23(32-4)22(17)31-3/h5-6,8-9,15,26H,7,10-14H2,1-4H3. The number of phenols is 1. The molecule has 0 radical (unpaired) electrons. The third-order valence-corrected chi connectivity index (χ3v) is 7.65. The van der Waals surface area contributed by atoms with Crippen molar-refractivity contribution in [2.24, 2.45) is 0 Å². The topological polar surface area (TPSA) is 106 Å². The fourth-order valence-corrected chi connectivity index (χ4v) is 5.49. The maximum absolute atomic E-state index is 13.0. The van der Waals surface area contributed by atoms with E-state index in [-0.39, 0.29) is 49.2 Å². The predicted octanol–water partition coefficient (Wildman–Crippen LogP) is 2.19. The summed E-state index contributed by atoms with van der Waals surface area (Å²) in [5.41, 5.74) is 1.56. The summed E-state index contributed by atoms with van der Waals surface area (Å²) in [6.45, 7) is 2.67. The van der Waals surface area contributed by atoms with Gasteiger partial charge in [-0.05, 0) is 42.7 Å². The van der Waals surface area contributed by atoms with Gasteiger partial charge in [-0.15, -0.1) is 0 Å². The minimum atomic E-state index is -3.84. The number of aryl methyl sites for hydroxylation is 2. The van der Waals surface area contributed by atoms with Gasteiger partial charge in [0.25, 0.3) is 0 Å². The molecule has 1 aliphatic rings. The highest BCUT2D eigenvalue weighted by molar-refractivity contribution is 7.89. The fraction of sp³-hybridized carbons (Fsp3) is 0.435. The Labute approximate surface area is 194 Å². The van der Waals surface area contributed by atoms with E-state index in [1.54, 1.807) is 31.1 Å². The number of hydrogen-bond donors (Lipinski definition) is 1. The van der Waals surface area contributed by atoms with E-state index in [9.17, 15) is 18.3 Å². The Balaban J connectivity index is 1.63. The average molecular weight is 479 g/mol. The molecule has 1 saturated heterocycles. The first-order valence-corrected chi connectivity index (χ1v) is 12.0. The molecule has 33 heavy (non-hydrogen) atoms.